The summed E-state index contributed by atoms with van der Waals surface area (Å²) in [4.78, 5) is 12.5. The van der Waals surface area contributed by atoms with Crippen LogP contribution in [-0.4, -0.2) is 10.5 Å². The Morgan fingerprint density at radius 1 is 0.909 bits per heavy atom. The average Bonchev–Trinajstić information content (AvgIpc) is 3.05. The van der Waals surface area contributed by atoms with Crippen molar-refractivity contribution in [2.75, 3.05) is 5.32 Å². The van der Waals surface area contributed by atoms with E-state index in [1.165, 1.54) is 0 Å². The Bertz CT molecular complexity index is 784. The van der Waals surface area contributed by atoms with E-state index >= 15 is 0 Å². The first-order chi connectivity index (χ1) is 10.6. The van der Waals surface area contributed by atoms with Crippen LogP contribution >= 0.6 is 0 Å². The molecule has 3 nitrogen and oxygen atoms in total. The maximum atomic E-state index is 12.5. The van der Waals surface area contributed by atoms with Crippen LogP contribution in [0.2, 0.25) is 0 Å². The lowest BCUT2D eigenvalue weighted by Crippen LogP contribution is -2.14. The number of rotatable bonds is 3. The second-order valence-electron chi connectivity index (χ2n) is 5.36. The Labute approximate surface area is 130 Å². The summed E-state index contributed by atoms with van der Waals surface area (Å²) in [6.07, 6.45) is 3.92. The molecule has 3 aromatic rings. The van der Waals surface area contributed by atoms with E-state index < -0.39 is 0 Å². The summed E-state index contributed by atoms with van der Waals surface area (Å²) in [5, 5.41) is 3.02. The number of anilines is 1. The van der Waals surface area contributed by atoms with Crippen LogP contribution in [0.15, 0.2) is 67.0 Å². The van der Waals surface area contributed by atoms with Crippen LogP contribution in [0.5, 0.6) is 0 Å². The average molecular weight is 290 g/mol. The molecule has 3 rings (SSSR count). The van der Waals surface area contributed by atoms with Crippen molar-refractivity contribution in [1.82, 2.24) is 4.57 Å². The molecule has 0 bridgehead atoms. The molecular formula is C19H18N2O. The first-order valence-electron chi connectivity index (χ1n) is 7.26. The zero-order valence-corrected chi connectivity index (χ0v) is 12.7. The van der Waals surface area contributed by atoms with Gasteiger partial charge < -0.3 is 9.88 Å². The highest BCUT2D eigenvalue weighted by Gasteiger charge is 2.10. The number of para-hydroxylation sites is 1. The largest absolute Gasteiger partial charge is 0.324 e. The van der Waals surface area contributed by atoms with E-state index in [1.807, 2.05) is 85.4 Å². The van der Waals surface area contributed by atoms with E-state index in [0.29, 0.717) is 5.56 Å². The van der Waals surface area contributed by atoms with E-state index in [-0.39, 0.29) is 5.91 Å². The summed E-state index contributed by atoms with van der Waals surface area (Å²) in [6.45, 7) is 4.00. The molecule has 0 aliphatic heterocycles. The van der Waals surface area contributed by atoms with Gasteiger partial charge in [0.1, 0.15) is 0 Å². The Balaban J connectivity index is 1.88. The van der Waals surface area contributed by atoms with Crippen LogP contribution in [0.4, 0.5) is 5.69 Å². The third kappa shape index (κ3) is 2.79. The number of nitrogens with zero attached hydrogens (tertiary/aromatic N) is 1. The molecule has 3 heteroatoms. The van der Waals surface area contributed by atoms with Gasteiger partial charge in [-0.3, -0.25) is 4.79 Å². The predicted octanol–water partition coefficient (Wildman–Crippen LogP) is 4.35. The molecule has 0 atom stereocenters. The van der Waals surface area contributed by atoms with Gasteiger partial charge >= 0.3 is 0 Å². The summed E-state index contributed by atoms with van der Waals surface area (Å²) in [6, 6.07) is 17.5. The lowest BCUT2D eigenvalue weighted by atomic mass is 10.1. The summed E-state index contributed by atoms with van der Waals surface area (Å²) in [7, 11) is 0. The maximum Gasteiger partial charge on any atom is 0.255 e. The van der Waals surface area contributed by atoms with E-state index in [9.17, 15) is 4.79 Å². The number of aryl methyl sites for hydroxylation is 2. The topological polar surface area (TPSA) is 34.0 Å². The van der Waals surface area contributed by atoms with Crippen molar-refractivity contribution < 1.29 is 4.79 Å². The molecule has 1 heterocycles. The van der Waals surface area contributed by atoms with Gasteiger partial charge in [-0.2, -0.15) is 0 Å². The molecule has 0 aliphatic carbocycles. The van der Waals surface area contributed by atoms with Gasteiger partial charge in [-0.15, -0.1) is 0 Å². The minimum absolute atomic E-state index is 0.0913. The molecular weight excluding hydrogens is 272 g/mol. The fourth-order valence-corrected chi connectivity index (χ4v) is 2.51. The standard InChI is InChI=1S/C19H18N2O/c1-14-7-5-8-15(2)18(14)20-19(22)16-9-6-10-17(13-16)21-11-3-4-12-21/h3-13H,1-2H3,(H,20,22). The Hall–Kier alpha value is -2.81. The fourth-order valence-electron chi connectivity index (χ4n) is 2.51. The number of nitrogens with one attached hydrogen (secondary N) is 1. The molecule has 22 heavy (non-hydrogen) atoms. The third-order valence-corrected chi connectivity index (χ3v) is 3.73. The van der Waals surface area contributed by atoms with Crippen LogP contribution in [0, 0.1) is 13.8 Å². The number of hydrogen-bond acceptors (Lipinski definition) is 1. The molecule has 0 radical (unpaired) electrons. The van der Waals surface area contributed by atoms with Gasteiger partial charge in [0.25, 0.3) is 5.91 Å². The maximum absolute atomic E-state index is 12.5. The molecule has 0 unspecified atom stereocenters. The monoisotopic (exact) mass is 290 g/mol. The van der Waals surface area contributed by atoms with Crippen molar-refractivity contribution in [1.29, 1.82) is 0 Å². The van der Waals surface area contributed by atoms with Gasteiger partial charge in [0.2, 0.25) is 0 Å². The van der Waals surface area contributed by atoms with Crippen LogP contribution < -0.4 is 5.32 Å². The van der Waals surface area contributed by atoms with Gasteiger partial charge in [0.15, 0.2) is 0 Å². The van der Waals surface area contributed by atoms with Crippen molar-refractivity contribution in [3.05, 3.63) is 83.7 Å². The smallest absolute Gasteiger partial charge is 0.255 e. The SMILES string of the molecule is Cc1cccc(C)c1NC(=O)c1cccc(-n2cccc2)c1. The summed E-state index contributed by atoms with van der Waals surface area (Å²) >= 11 is 0. The summed E-state index contributed by atoms with van der Waals surface area (Å²) in [5.74, 6) is -0.0913. The third-order valence-electron chi connectivity index (χ3n) is 3.73. The van der Waals surface area contributed by atoms with Crippen molar-refractivity contribution in [2.45, 2.75) is 13.8 Å². The lowest BCUT2D eigenvalue weighted by Gasteiger charge is -2.12. The minimum Gasteiger partial charge on any atom is -0.324 e. The van der Waals surface area contributed by atoms with Gasteiger partial charge in [-0.05, 0) is 55.3 Å². The fraction of sp³-hybridized carbons (Fsp3) is 0.105. The Kier molecular flexibility index (Phi) is 3.79. The summed E-state index contributed by atoms with van der Waals surface area (Å²) in [5.41, 5.74) is 4.64. The van der Waals surface area contributed by atoms with Gasteiger partial charge in [-0.1, -0.05) is 24.3 Å². The second-order valence-corrected chi connectivity index (χ2v) is 5.36. The van der Waals surface area contributed by atoms with Gasteiger partial charge in [0.05, 0.1) is 0 Å². The van der Waals surface area contributed by atoms with Crippen LogP contribution in [-0.2, 0) is 0 Å². The molecule has 2 aromatic carbocycles. The molecule has 0 fully saturated rings. The van der Waals surface area contributed by atoms with Crippen molar-refractivity contribution in [3.63, 3.8) is 0 Å². The normalized spacial score (nSPS) is 10.5. The summed E-state index contributed by atoms with van der Waals surface area (Å²) < 4.78 is 1.98. The number of amides is 1. The number of carbonyl (C=O) groups is 1. The molecule has 1 amide bonds. The van der Waals surface area contributed by atoms with Crippen molar-refractivity contribution in [3.8, 4) is 5.69 Å². The number of hydrogen-bond donors (Lipinski definition) is 1. The number of carbonyl (C=O) groups excluding carboxylic acids is 1. The van der Waals surface area contributed by atoms with Crippen LogP contribution in [0.1, 0.15) is 21.5 Å². The highest BCUT2D eigenvalue weighted by Crippen LogP contribution is 2.21. The molecule has 0 saturated carbocycles. The van der Waals surface area contributed by atoms with Crippen molar-refractivity contribution >= 4 is 11.6 Å². The second kappa shape index (κ2) is 5.90. The van der Waals surface area contributed by atoms with Crippen LogP contribution in [0.25, 0.3) is 5.69 Å². The minimum atomic E-state index is -0.0913. The number of benzene rings is 2. The lowest BCUT2D eigenvalue weighted by molar-refractivity contribution is 0.102. The van der Waals surface area contributed by atoms with E-state index in [2.05, 4.69) is 5.32 Å². The van der Waals surface area contributed by atoms with E-state index in [0.717, 1.165) is 22.5 Å². The zero-order valence-electron chi connectivity index (χ0n) is 12.7. The Morgan fingerprint density at radius 3 is 2.23 bits per heavy atom. The van der Waals surface area contributed by atoms with Gasteiger partial charge in [-0.25, -0.2) is 0 Å². The van der Waals surface area contributed by atoms with Gasteiger partial charge in [0, 0.05) is 29.3 Å². The zero-order chi connectivity index (χ0) is 15.5. The highest BCUT2D eigenvalue weighted by molar-refractivity contribution is 6.05. The van der Waals surface area contributed by atoms with Crippen molar-refractivity contribution in [2.24, 2.45) is 0 Å². The predicted molar refractivity (Wildman–Crippen MR) is 89.6 cm³/mol. The number of aromatic nitrogens is 1. The van der Waals surface area contributed by atoms with E-state index in [4.69, 9.17) is 0 Å². The molecule has 1 N–H and O–H groups in total. The van der Waals surface area contributed by atoms with E-state index in [1.54, 1.807) is 0 Å². The molecule has 0 aliphatic rings. The Morgan fingerprint density at radius 2 is 1.55 bits per heavy atom. The molecule has 0 saturated heterocycles. The molecule has 0 spiro atoms. The first kappa shape index (κ1) is 14.1. The highest BCUT2D eigenvalue weighted by atomic mass is 16.1. The van der Waals surface area contributed by atoms with Crippen LogP contribution in [0.3, 0.4) is 0 Å². The first-order valence-corrected chi connectivity index (χ1v) is 7.26. The quantitative estimate of drug-likeness (QED) is 0.764. The molecule has 110 valence electrons. The molecule has 1 aromatic heterocycles.